The quantitative estimate of drug-likeness (QED) is 0.261. The Labute approximate surface area is 248 Å². The lowest BCUT2D eigenvalue weighted by atomic mass is 9.55. The van der Waals surface area contributed by atoms with Crippen LogP contribution in [0.5, 0.6) is 17.2 Å². The van der Waals surface area contributed by atoms with E-state index in [1.54, 1.807) is 17.0 Å². The molecule has 4 aliphatic rings. The molecule has 10 heteroatoms. The van der Waals surface area contributed by atoms with Crippen LogP contribution in [0.3, 0.4) is 0 Å². The number of imide groups is 1. The van der Waals surface area contributed by atoms with E-state index in [2.05, 4.69) is 0 Å². The highest BCUT2D eigenvalue weighted by molar-refractivity contribution is 14.1. The molecule has 8 nitrogen and oxygen atoms in total. The van der Waals surface area contributed by atoms with E-state index in [0.717, 1.165) is 43.2 Å². The third kappa shape index (κ3) is 4.92. The minimum absolute atomic E-state index is 0.0431. The molecule has 0 spiro atoms. The molecular weight excluding hydrogens is 624 g/mol. The number of amides is 2. The maximum atomic E-state index is 14.0. The van der Waals surface area contributed by atoms with Crippen LogP contribution in [0.15, 0.2) is 53.5 Å². The molecule has 1 saturated carbocycles. The van der Waals surface area contributed by atoms with E-state index < -0.39 is 25.1 Å². The SMILES string of the molecule is COc1cc([C@@H]2C[C@@H]3C(=C(COc4ccccc4)C[C@@H]4C(=O)N(C5CCCCC5)C(=O)[C@@H]43)B(O)O2)cc(I)c1O. The van der Waals surface area contributed by atoms with Gasteiger partial charge in [-0.3, -0.25) is 14.5 Å². The largest absolute Gasteiger partial charge is 0.504 e. The molecule has 210 valence electrons. The second-order valence-electron chi connectivity index (χ2n) is 11.2. The minimum atomic E-state index is -1.25. The number of carbonyl (C=O) groups is 2. The van der Waals surface area contributed by atoms with Crippen molar-refractivity contribution < 1.29 is 33.8 Å². The van der Waals surface area contributed by atoms with Crippen LogP contribution in [0.2, 0.25) is 0 Å². The van der Waals surface area contributed by atoms with Crippen molar-refractivity contribution in [1.82, 2.24) is 4.90 Å². The summed E-state index contributed by atoms with van der Waals surface area (Å²) in [6, 6.07) is 12.9. The lowest BCUT2D eigenvalue weighted by Gasteiger charge is -2.42. The van der Waals surface area contributed by atoms with E-state index in [1.807, 2.05) is 52.9 Å². The third-order valence-electron chi connectivity index (χ3n) is 8.98. The normalized spacial score (nSPS) is 27.1. The average molecular weight is 657 g/mol. The zero-order chi connectivity index (χ0) is 28.0. The number of hydrogen-bond donors (Lipinski definition) is 2. The van der Waals surface area contributed by atoms with Crippen LogP contribution >= 0.6 is 22.6 Å². The molecule has 0 bridgehead atoms. The Kier molecular flexibility index (Phi) is 7.84. The Morgan fingerprint density at radius 2 is 1.82 bits per heavy atom. The summed E-state index contributed by atoms with van der Waals surface area (Å²) < 4.78 is 18.2. The number of phenols is 1. The zero-order valence-electron chi connectivity index (χ0n) is 22.4. The van der Waals surface area contributed by atoms with Crippen molar-refractivity contribution in [3.8, 4) is 17.2 Å². The smallest absolute Gasteiger partial charge is 0.487 e. The number of carbonyl (C=O) groups excluding carboxylic acids is 2. The molecule has 0 unspecified atom stereocenters. The van der Waals surface area contributed by atoms with Crippen molar-refractivity contribution >= 4 is 41.5 Å². The van der Waals surface area contributed by atoms with Gasteiger partial charge in [0.25, 0.3) is 0 Å². The molecule has 6 rings (SSSR count). The molecule has 4 atom stereocenters. The van der Waals surface area contributed by atoms with E-state index in [1.165, 1.54) is 7.11 Å². The van der Waals surface area contributed by atoms with Crippen molar-refractivity contribution in [2.75, 3.05) is 13.7 Å². The first-order chi connectivity index (χ1) is 19.4. The zero-order valence-corrected chi connectivity index (χ0v) is 24.6. The van der Waals surface area contributed by atoms with Gasteiger partial charge in [0.1, 0.15) is 12.4 Å². The van der Waals surface area contributed by atoms with Crippen molar-refractivity contribution in [3.63, 3.8) is 0 Å². The number of benzene rings is 2. The molecule has 2 heterocycles. The lowest BCUT2D eigenvalue weighted by Crippen LogP contribution is -2.46. The maximum absolute atomic E-state index is 14.0. The molecule has 2 N–H and O–H groups in total. The highest BCUT2D eigenvalue weighted by atomic mass is 127. The molecule has 2 amide bonds. The van der Waals surface area contributed by atoms with Gasteiger partial charge in [-0.1, -0.05) is 37.5 Å². The standard InChI is InChI=1S/C30H33BINO7/c1-38-25-14-17(13-23(32)28(25)34)24-15-21-26-22(29(35)33(30(26)36)19-8-4-2-5-9-19)12-18(27(21)31(37)40-24)16-39-20-10-6-3-7-11-20/h3,6-7,10-11,13-14,19,21-22,24,26,34,37H,2,4-5,8-9,12,15-16H2,1H3/t21-,22-,24-,26+/m0/s1. The van der Waals surface area contributed by atoms with Crippen LogP contribution in [0, 0.1) is 21.3 Å². The predicted molar refractivity (Wildman–Crippen MR) is 157 cm³/mol. The fourth-order valence-electron chi connectivity index (χ4n) is 7.10. The average Bonchev–Trinajstić information content (AvgIpc) is 3.23. The van der Waals surface area contributed by atoms with E-state index in [-0.39, 0.29) is 36.1 Å². The Morgan fingerprint density at radius 1 is 1.07 bits per heavy atom. The third-order valence-corrected chi connectivity index (χ3v) is 9.81. The van der Waals surface area contributed by atoms with E-state index in [0.29, 0.717) is 33.4 Å². The van der Waals surface area contributed by atoms with Gasteiger partial charge < -0.3 is 24.3 Å². The van der Waals surface area contributed by atoms with Gasteiger partial charge in [-0.2, -0.15) is 0 Å². The summed E-state index contributed by atoms with van der Waals surface area (Å²) in [5.41, 5.74) is 2.23. The number of nitrogens with zero attached hydrogens (tertiary/aromatic N) is 1. The summed E-state index contributed by atoms with van der Waals surface area (Å²) in [4.78, 5) is 29.4. The first-order valence-electron chi connectivity index (χ1n) is 14.0. The number of allylic oxidation sites excluding steroid dienone is 1. The number of halogens is 1. The number of ether oxygens (including phenoxy) is 2. The molecule has 2 aromatic carbocycles. The molecular formula is C30H33BINO7. The van der Waals surface area contributed by atoms with Crippen molar-refractivity contribution in [1.29, 1.82) is 0 Å². The van der Waals surface area contributed by atoms with E-state index in [9.17, 15) is 19.7 Å². The number of para-hydroxylation sites is 1. The molecule has 2 aliphatic heterocycles. The van der Waals surface area contributed by atoms with Gasteiger partial charge in [-0.25, -0.2) is 0 Å². The topological polar surface area (TPSA) is 106 Å². The number of phenolic OH excluding ortho intramolecular Hbond substituents is 1. The van der Waals surface area contributed by atoms with E-state index >= 15 is 0 Å². The highest BCUT2D eigenvalue weighted by Gasteiger charge is 2.59. The summed E-state index contributed by atoms with van der Waals surface area (Å²) in [6.07, 6.45) is 5.13. The fourth-order valence-corrected chi connectivity index (χ4v) is 7.73. The highest BCUT2D eigenvalue weighted by Crippen LogP contribution is 2.52. The van der Waals surface area contributed by atoms with Crippen molar-refractivity contribution in [2.24, 2.45) is 17.8 Å². The minimum Gasteiger partial charge on any atom is -0.504 e. The number of likely N-dealkylation sites (tertiary alicyclic amines) is 1. The van der Waals surface area contributed by atoms with Gasteiger partial charge in [0, 0.05) is 6.04 Å². The molecule has 2 aliphatic carbocycles. The number of hydrogen-bond acceptors (Lipinski definition) is 7. The van der Waals surface area contributed by atoms with Gasteiger partial charge in [0.15, 0.2) is 11.5 Å². The van der Waals surface area contributed by atoms with Gasteiger partial charge in [-0.15, -0.1) is 0 Å². The fraction of sp³-hybridized carbons (Fsp3) is 0.467. The number of methoxy groups -OCH3 is 1. The molecule has 2 aromatic rings. The number of aromatic hydroxyl groups is 1. The Morgan fingerprint density at radius 3 is 2.55 bits per heavy atom. The second-order valence-corrected chi connectivity index (χ2v) is 12.4. The van der Waals surface area contributed by atoms with Crippen LogP contribution in [0.25, 0.3) is 0 Å². The van der Waals surface area contributed by atoms with Crippen molar-refractivity contribution in [3.05, 3.63) is 62.6 Å². The number of fused-ring (bicyclic) bond motifs is 3. The lowest BCUT2D eigenvalue weighted by molar-refractivity contribution is -0.143. The summed E-state index contributed by atoms with van der Waals surface area (Å²) in [5.74, 6) is -0.528. The van der Waals surface area contributed by atoms with Crippen LogP contribution in [0.4, 0.5) is 0 Å². The van der Waals surface area contributed by atoms with Crippen molar-refractivity contribution in [2.45, 2.75) is 57.1 Å². The van der Waals surface area contributed by atoms with Crippen LogP contribution in [0.1, 0.15) is 56.6 Å². The van der Waals surface area contributed by atoms with Crippen LogP contribution in [-0.2, 0) is 14.2 Å². The second kappa shape index (κ2) is 11.4. The number of rotatable bonds is 6. The molecule has 40 heavy (non-hydrogen) atoms. The first kappa shape index (κ1) is 27.6. The summed E-state index contributed by atoms with van der Waals surface area (Å²) in [5, 5.41) is 21.8. The molecule has 2 saturated heterocycles. The van der Waals surface area contributed by atoms with Crippen LogP contribution in [-0.4, -0.2) is 53.7 Å². The van der Waals surface area contributed by atoms with Gasteiger partial charge in [0.05, 0.1) is 28.6 Å². The first-order valence-corrected chi connectivity index (χ1v) is 15.1. The molecule has 0 aromatic heterocycles. The molecule has 3 fully saturated rings. The Balaban J connectivity index is 1.36. The monoisotopic (exact) mass is 657 g/mol. The van der Waals surface area contributed by atoms with Gasteiger partial charge in [-0.05, 0) is 95.1 Å². The predicted octanol–water partition coefficient (Wildman–Crippen LogP) is 4.82. The Hall–Kier alpha value is -2.57. The Bertz CT molecular complexity index is 1330. The summed E-state index contributed by atoms with van der Waals surface area (Å²) in [7, 11) is 0.239. The van der Waals surface area contributed by atoms with E-state index in [4.69, 9.17) is 14.1 Å². The maximum Gasteiger partial charge on any atom is 0.487 e. The van der Waals surface area contributed by atoms with Gasteiger partial charge >= 0.3 is 7.12 Å². The summed E-state index contributed by atoms with van der Waals surface area (Å²) >= 11 is 2.04. The summed E-state index contributed by atoms with van der Waals surface area (Å²) in [6.45, 7) is 0.208. The van der Waals surface area contributed by atoms with Gasteiger partial charge in [0.2, 0.25) is 11.8 Å². The van der Waals surface area contributed by atoms with Crippen LogP contribution < -0.4 is 9.47 Å². The molecule has 0 radical (unpaired) electrons.